The molecule has 0 N–H and O–H groups in total. The molecule has 0 atom stereocenters. The van der Waals surface area contributed by atoms with Gasteiger partial charge < -0.3 is 4.90 Å². The van der Waals surface area contributed by atoms with Gasteiger partial charge in [0, 0.05) is 24.7 Å². The summed E-state index contributed by atoms with van der Waals surface area (Å²) in [6.07, 6.45) is -1.70. The van der Waals surface area contributed by atoms with Gasteiger partial charge in [-0.25, -0.2) is 0 Å². The average molecular weight is 384 g/mol. The molecule has 1 aliphatic carbocycles. The number of hydrogen-bond donors (Lipinski definition) is 0. The van der Waals surface area contributed by atoms with Crippen molar-refractivity contribution in [2.75, 3.05) is 7.05 Å². The first-order valence-electron chi connectivity index (χ1n) is 9.16. The number of nitrogens with zero attached hydrogens (tertiary/aromatic N) is 2. The molecule has 1 aliphatic rings. The van der Waals surface area contributed by atoms with Crippen LogP contribution in [-0.4, -0.2) is 22.8 Å². The van der Waals surface area contributed by atoms with Crippen LogP contribution in [0.15, 0.2) is 48.5 Å². The second-order valence-electron chi connectivity index (χ2n) is 7.14. The minimum atomic E-state index is -4.36. The minimum absolute atomic E-state index is 0.128. The fourth-order valence-corrected chi connectivity index (χ4v) is 3.79. The standard InChI is InChI=1S/C22H19F3N2O/c1-27(13-14-9-11-15(12-10-14)22(23,24)25)21(28)20-16-5-2-3-7-18(16)26-19-8-4-6-17(19)20/h2-3,5,7,9-12H,4,6,8,13H2,1H3. The lowest BCUT2D eigenvalue weighted by molar-refractivity contribution is -0.137. The topological polar surface area (TPSA) is 33.2 Å². The van der Waals surface area contributed by atoms with Gasteiger partial charge in [0.25, 0.3) is 5.91 Å². The van der Waals surface area contributed by atoms with E-state index >= 15 is 0 Å². The molecule has 1 heterocycles. The normalized spacial score (nSPS) is 13.6. The molecule has 1 aromatic heterocycles. The Balaban J connectivity index is 1.65. The molecule has 3 aromatic rings. The Hall–Kier alpha value is -2.89. The maximum Gasteiger partial charge on any atom is 0.416 e. The van der Waals surface area contributed by atoms with Gasteiger partial charge in [-0.3, -0.25) is 9.78 Å². The van der Waals surface area contributed by atoms with Crippen molar-refractivity contribution in [2.45, 2.75) is 32.0 Å². The largest absolute Gasteiger partial charge is 0.416 e. The Morgan fingerprint density at radius 3 is 2.50 bits per heavy atom. The molecule has 0 saturated carbocycles. The Kier molecular flexibility index (Phi) is 4.57. The molecular formula is C22H19F3N2O. The molecule has 0 bridgehead atoms. The molecule has 0 aliphatic heterocycles. The summed E-state index contributed by atoms with van der Waals surface area (Å²) in [5.41, 5.74) is 3.41. The summed E-state index contributed by atoms with van der Waals surface area (Å²) in [6, 6.07) is 12.5. The molecule has 3 nitrogen and oxygen atoms in total. The monoisotopic (exact) mass is 384 g/mol. The van der Waals surface area contributed by atoms with Crippen molar-refractivity contribution in [2.24, 2.45) is 0 Å². The Morgan fingerprint density at radius 1 is 1.07 bits per heavy atom. The van der Waals surface area contributed by atoms with Gasteiger partial charge in [-0.2, -0.15) is 13.2 Å². The van der Waals surface area contributed by atoms with E-state index in [-0.39, 0.29) is 12.5 Å². The lowest BCUT2D eigenvalue weighted by Crippen LogP contribution is -2.27. The number of rotatable bonds is 3. The SMILES string of the molecule is CN(Cc1ccc(C(F)(F)F)cc1)C(=O)c1c2c(nc3ccccc13)CCC2. The van der Waals surface area contributed by atoms with Crippen molar-refractivity contribution < 1.29 is 18.0 Å². The summed E-state index contributed by atoms with van der Waals surface area (Å²) in [4.78, 5) is 19.5. The van der Waals surface area contributed by atoms with E-state index < -0.39 is 11.7 Å². The maximum absolute atomic E-state index is 13.3. The van der Waals surface area contributed by atoms with Gasteiger partial charge in [-0.1, -0.05) is 30.3 Å². The highest BCUT2D eigenvalue weighted by Gasteiger charge is 2.30. The van der Waals surface area contributed by atoms with Crippen molar-refractivity contribution in [3.05, 3.63) is 76.5 Å². The number of carbonyl (C=O) groups is 1. The van der Waals surface area contributed by atoms with E-state index in [1.807, 2.05) is 24.3 Å². The predicted molar refractivity (Wildman–Crippen MR) is 101 cm³/mol. The lowest BCUT2D eigenvalue weighted by Gasteiger charge is -2.21. The number of carbonyl (C=O) groups excluding carboxylic acids is 1. The average Bonchev–Trinajstić information content (AvgIpc) is 3.13. The van der Waals surface area contributed by atoms with Crippen molar-refractivity contribution in [1.29, 1.82) is 0 Å². The van der Waals surface area contributed by atoms with E-state index in [9.17, 15) is 18.0 Å². The van der Waals surface area contributed by atoms with Crippen molar-refractivity contribution in [3.8, 4) is 0 Å². The number of alkyl halides is 3. The number of benzene rings is 2. The summed E-state index contributed by atoms with van der Waals surface area (Å²) in [7, 11) is 1.68. The van der Waals surface area contributed by atoms with Crippen LogP contribution in [0.4, 0.5) is 13.2 Å². The number of aryl methyl sites for hydroxylation is 1. The molecule has 0 unspecified atom stereocenters. The Bertz CT molecular complexity index is 1040. The lowest BCUT2D eigenvalue weighted by atomic mass is 10.00. The van der Waals surface area contributed by atoms with Crippen molar-refractivity contribution in [3.63, 3.8) is 0 Å². The first-order valence-corrected chi connectivity index (χ1v) is 9.16. The third-order valence-corrected chi connectivity index (χ3v) is 5.18. The highest BCUT2D eigenvalue weighted by Crippen LogP contribution is 2.32. The van der Waals surface area contributed by atoms with Gasteiger partial charge in [0.2, 0.25) is 0 Å². The summed E-state index contributed by atoms with van der Waals surface area (Å²) >= 11 is 0. The number of pyridine rings is 1. The number of halogens is 3. The van der Waals surface area contributed by atoms with Crippen molar-refractivity contribution >= 4 is 16.8 Å². The molecule has 6 heteroatoms. The third kappa shape index (κ3) is 3.35. The first-order chi connectivity index (χ1) is 13.3. The second kappa shape index (κ2) is 6.93. The van der Waals surface area contributed by atoms with Gasteiger partial charge in [-0.05, 0) is 48.6 Å². The molecule has 28 heavy (non-hydrogen) atoms. The van der Waals surface area contributed by atoms with Gasteiger partial charge >= 0.3 is 6.18 Å². The minimum Gasteiger partial charge on any atom is -0.337 e. The van der Waals surface area contributed by atoms with Gasteiger partial charge in [0.1, 0.15) is 0 Å². The van der Waals surface area contributed by atoms with E-state index in [4.69, 9.17) is 4.98 Å². The molecule has 0 saturated heterocycles. The number of amides is 1. The van der Waals surface area contributed by atoms with Crippen LogP contribution < -0.4 is 0 Å². The van der Waals surface area contributed by atoms with E-state index in [0.717, 1.165) is 53.6 Å². The van der Waals surface area contributed by atoms with Crippen LogP contribution in [-0.2, 0) is 25.6 Å². The fourth-order valence-electron chi connectivity index (χ4n) is 3.79. The smallest absolute Gasteiger partial charge is 0.337 e. The Labute approximate surface area is 160 Å². The molecule has 1 amide bonds. The molecule has 0 radical (unpaired) electrons. The summed E-state index contributed by atoms with van der Waals surface area (Å²) in [5.74, 6) is -0.128. The molecule has 2 aromatic carbocycles. The van der Waals surface area contributed by atoms with Crippen LogP contribution in [0.1, 0.15) is 39.2 Å². The van der Waals surface area contributed by atoms with Crippen LogP contribution in [0.25, 0.3) is 10.9 Å². The van der Waals surface area contributed by atoms with Crippen molar-refractivity contribution in [1.82, 2.24) is 9.88 Å². The van der Waals surface area contributed by atoms with Crippen LogP contribution in [0.3, 0.4) is 0 Å². The second-order valence-corrected chi connectivity index (χ2v) is 7.14. The van der Waals surface area contributed by atoms with Gasteiger partial charge in [0.15, 0.2) is 0 Å². The van der Waals surface area contributed by atoms with E-state index in [1.54, 1.807) is 11.9 Å². The summed E-state index contributed by atoms with van der Waals surface area (Å²) < 4.78 is 38.2. The maximum atomic E-state index is 13.3. The highest BCUT2D eigenvalue weighted by molar-refractivity contribution is 6.07. The molecule has 144 valence electrons. The van der Waals surface area contributed by atoms with Crippen LogP contribution in [0.5, 0.6) is 0 Å². The quantitative estimate of drug-likeness (QED) is 0.636. The number of fused-ring (bicyclic) bond motifs is 2. The number of aromatic nitrogens is 1. The number of para-hydroxylation sites is 1. The zero-order chi connectivity index (χ0) is 19.9. The molecule has 0 spiro atoms. The van der Waals surface area contributed by atoms with Crippen LogP contribution >= 0.6 is 0 Å². The van der Waals surface area contributed by atoms with Gasteiger partial charge in [-0.15, -0.1) is 0 Å². The summed E-state index contributed by atoms with van der Waals surface area (Å²) in [5, 5.41) is 0.826. The van der Waals surface area contributed by atoms with E-state index in [0.29, 0.717) is 11.1 Å². The third-order valence-electron chi connectivity index (χ3n) is 5.18. The van der Waals surface area contributed by atoms with Gasteiger partial charge in [0.05, 0.1) is 16.6 Å². The Morgan fingerprint density at radius 2 is 1.79 bits per heavy atom. The molecule has 4 rings (SSSR count). The molecular weight excluding hydrogens is 365 g/mol. The zero-order valence-corrected chi connectivity index (χ0v) is 15.4. The predicted octanol–water partition coefficient (Wildman–Crippen LogP) is 5.01. The zero-order valence-electron chi connectivity index (χ0n) is 15.4. The van der Waals surface area contributed by atoms with Crippen LogP contribution in [0.2, 0.25) is 0 Å². The number of hydrogen-bond acceptors (Lipinski definition) is 2. The van der Waals surface area contributed by atoms with E-state index in [1.165, 1.54) is 12.1 Å². The summed E-state index contributed by atoms with van der Waals surface area (Å²) in [6.45, 7) is 0.238. The highest BCUT2D eigenvalue weighted by atomic mass is 19.4. The fraction of sp³-hybridized carbons (Fsp3) is 0.273. The molecule has 0 fully saturated rings. The van der Waals surface area contributed by atoms with Crippen LogP contribution in [0, 0.1) is 0 Å². The first kappa shape index (κ1) is 18.5. The van der Waals surface area contributed by atoms with E-state index in [2.05, 4.69) is 0 Å².